The fourth-order valence-electron chi connectivity index (χ4n) is 3.03. The van der Waals surface area contributed by atoms with Gasteiger partial charge in [0.25, 0.3) is 5.91 Å². The number of halogens is 2. The topological polar surface area (TPSA) is 46.6 Å². The minimum Gasteiger partial charge on any atom is -0.449 e. The van der Waals surface area contributed by atoms with Crippen LogP contribution in [0.25, 0.3) is 0 Å². The second kappa shape index (κ2) is 7.06. The molecule has 0 fully saturated rings. The zero-order valence-corrected chi connectivity index (χ0v) is 15.3. The molecule has 3 rings (SSSR count). The highest BCUT2D eigenvalue weighted by atomic mass is 35.5. The van der Waals surface area contributed by atoms with Crippen LogP contribution >= 0.6 is 23.2 Å². The predicted octanol–water partition coefficient (Wildman–Crippen LogP) is 4.52. The van der Waals surface area contributed by atoms with Crippen LogP contribution in [-0.4, -0.2) is 24.0 Å². The Hall–Kier alpha value is -2.04. The molecule has 2 aromatic rings. The van der Waals surface area contributed by atoms with Gasteiger partial charge in [-0.05, 0) is 44.0 Å². The van der Waals surface area contributed by atoms with Crippen molar-refractivity contribution in [1.82, 2.24) is 0 Å². The van der Waals surface area contributed by atoms with Crippen LogP contribution < -0.4 is 4.90 Å². The van der Waals surface area contributed by atoms with Gasteiger partial charge in [0.1, 0.15) is 0 Å². The standard InChI is InChI=1S/C19H17Cl2NO3/c1-11-10-13-6-3-4-9-16(13)22(11)18(23)12(2)25-19(24)14-7-5-8-15(20)17(14)21/h3-9,11-12H,10H2,1-2H3/t11-,12+/m1/s1. The summed E-state index contributed by atoms with van der Waals surface area (Å²) >= 11 is 12.0. The molecule has 1 aliphatic heterocycles. The van der Waals surface area contributed by atoms with Crippen molar-refractivity contribution in [3.05, 3.63) is 63.6 Å². The summed E-state index contributed by atoms with van der Waals surface area (Å²) in [4.78, 5) is 26.9. The lowest BCUT2D eigenvalue weighted by molar-refractivity contribution is -0.126. The first-order chi connectivity index (χ1) is 11.9. The van der Waals surface area contributed by atoms with E-state index in [-0.39, 0.29) is 27.6 Å². The SMILES string of the molecule is C[C@H](OC(=O)c1cccc(Cl)c1Cl)C(=O)N1c2ccccc2C[C@H]1C. The first-order valence-electron chi connectivity index (χ1n) is 7.96. The van der Waals surface area contributed by atoms with E-state index in [0.717, 1.165) is 17.7 Å². The molecule has 2 aromatic carbocycles. The number of carbonyl (C=O) groups is 2. The van der Waals surface area contributed by atoms with Gasteiger partial charge in [0.05, 0.1) is 15.6 Å². The lowest BCUT2D eigenvalue weighted by Gasteiger charge is -2.26. The molecule has 0 aromatic heterocycles. The van der Waals surface area contributed by atoms with Gasteiger partial charge in [-0.2, -0.15) is 0 Å². The molecule has 25 heavy (non-hydrogen) atoms. The van der Waals surface area contributed by atoms with Gasteiger partial charge in [-0.15, -0.1) is 0 Å². The summed E-state index contributed by atoms with van der Waals surface area (Å²) < 4.78 is 5.34. The number of amides is 1. The summed E-state index contributed by atoms with van der Waals surface area (Å²) in [5.74, 6) is -0.933. The molecule has 6 heteroatoms. The van der Waals surface area contributed by atoms with Crippen molar-refractivity contribution in [3.63, 3.8) is 0 Å². The molecule has 0 unspecified atom stereocenters. The molecule has 0 saturated carbocycles. The zero-order chi connectivity index (χ0) is 18.1. The number of para-hydroxylation sites is 1. The summed E-state index contributed by atoms with van der Waals surface area (Å²) in [7, 11) is 0. The highest BCUT2D eigenvalue weighted by Gasteiger charge is 2.34. The number of fused-ring (bicyclic) bond motifs is 1. The van der Waals surface area contributed by atoms with Crippen LogP contribution in [-0.2, 0) is 16.0 Å². The number of rotatable bonds is 3. The number of anilines is 1. The number of benzene rings is 2. The number of carbonyl (C=O) groups excluding carboxylic acids is 2. The van der Waals surface area contributed by atoms with Crippen molar-refractivity contribution in [2.24, 2.45) is 0 Å². The van der Waals surface area contributed by atoms with Crippen LogP contribution in [0.2, 0.25) is 10.0 Å². The van der Waals surface area contributed by atoms with Crippen molar-refractivity contribution < 1.29 is 14.3 Å². The van der Waals surface area contributed by atoms with E-state index in [2.05, 4.69) is 0 Å². The van der Waals surface area contributed by atoms with E-state index in [1.165, 1.54) is 6.07 Å². The van der Waals surface area contributed by atoms with Crippen LogP contribution in [0.15, 0.2) is 42.5 Å². The Morgan fingerprint density at radius 2 is 1.88 bits per heavy atom. The Morgan fingerprint density at radius 3 is 2.64 bits per heavy atom. The number of hydrogen-bond acceptors (Lipinski definition) is 3. The van der Waals surface area contributed by atoms with E-state index >= 15 is 0 Å². The Morgan fingerprint density at radius 1 is 1.16 bits per heavy atom. The fourth-order valence-corrected chi connectivity index (χ4v) is 3.41. The van der Waals surface area contributed by atoms with E-state index in [1.54, 1.807) is 24.0 Å². The minimum absolute atomic E-state index is 0.0146. The number of ether oxygens (including phenoxy) is 1. The second-order valence-corrected chi connectivity index (χ2v) is 6.82. The Labute approximate surface area is 156 Å². The third-order valence-electron chi connectivity index (χ3n) is 4.25. The molecule has 0 bridgehead atoms. The molecule has 0 radical (unpaired) electrons. The normalized spacial score (nSPS) is 17.1. The largest absolute Gasteiger partial charge is 0.449 e. The maximum absolute atomic E-state index is 12.8. The molecule has 0 N–H and O–H groups in total. The third kappa shape index (κ3) is 3.37. The van der Waals surface area contributed by atoms with Crippen molar-refractivity contribution >= 4 is 40.8 Å². The lowest BCUT2D eigenvalue weighted by Crippen LogP contribution is -2.43. The van der Waals surface area contributed by atoms with Gasteiger partial charge in [0.15, 0.2) is 6.10 Å². The third-order valence-corrected chi connectivity index (χ3v) is 5.07. The van der Waals surface area contributed by atoms with Crippen molar-refractivity contribution in [3.8, 4) is 0 Å². The molecule has 4 nitrogen and oxygen atoms in total. The summed E-state index contributed by atoms with van der Waals surface area (Å²) in [5.41, 5.74) is 2.12. The molecule has 0 saturated heterocycles. The average Bonchev–Trinajstić information content (AvgIpc) is 2.92. The first-order valence-corrected chi connectivity index (χ1v) is 8.71. The highest BCUT2D eigenvalue weighted by Crippen LogP contribution is 2.33. The van der Waals surface area contributed by atoms with Gasteiger partial charge in [-0.3, -0.25) is 4.79 Å². The molecule has 2 atom stereocenters. The minimum atomic E-state index is -0.934. The Kier molecular flexibility index (Phi) is 5.02. The highest BCUT2D eigenvalue weighted by molar-refractivity contribution is 6.43. The van der Waals surface area contributed by atoms with Gasteiger partial charge in [-0.1, -0.05) is 47.5 Å². The number of hydrogen-bond donors (Lipinski definition) is 0. The van der Waals surface area contributed by atoms with E-state index < -0.39 is 12.1 Å². The average molecular weight is 378 g/mol. The van der Waals surface area contributed by atoms with Crippen LogP contribution in [0.5, 0.6) is 0 Å². The maximum atomic E-state index is 12.8. The number of nitrogens with zero attached hydrogens (tertiary/aromatic N) is 1. The van der Waals surface area contributed by atoms with Gasteiger partial charge in [0, 0.05) is 11.7 Å². The van der Waals surface area contributed by atoms with Gasteiger partial charge >= 0.3 is 5.97 Å². The number of esters is 1. The van der Waals surface area contributed by atoms with Gasteiger partial charge in [0.2, 0.25) is 0 Å². The Balaban J connectivity index is 1.77. The maximum Gasteiger partial charge on any atom is 0.340 e. The van der Waals surface area contributed by atoms with E-state index in [4.69, 9.17) is 27.9 Å². The molecular formula is C19H17Cl2NO3. The van der Waals surface area contributed by atoms with Crippen molar-refractivity contribution in [2.45, 2.75) is 32.4 Å². The molecule has 1 aliphatic rings. The summed E-state index contributed by atoms with van der Waals surface area (Å²) in [6.45, 7) is 3.53. The van der Waals surface area contributed by atoms with Gasteiger partial charge in [-0.25, -0.2) is 4.79 Å². The van der Waals surface area contributed by atoms with Crippen molar-refractivity contribution in [1.29, 1.82) is 0 Å². The van der Waals surface area contributed by atoms with E-state index in [0.29, 0.717) is 0 Å². The van der Waals surface area contributed by atoms with Crippen LogP contribution in [0.4, 0.5) is 5.69 Å². The first kappa shape index (κ1) is 17.8. The molecule has 0 spiro atoms. The van der Waals surface area contributed by atoms with Crippen molar-refractivity contribution in [2.75, 3.05) is 4.90 Å². The summed E-state index contributed by atoms with van der Waals surface area (Å²) in [5, 5.41) is 0.380. The zero-order valence-electron chi connectivity index (χ0n) is 13.8. The van der Waals surface area contributed by atoms with Crippen LogP contribution in [0.3, 0.4) is 0 Å². The van der Waals surface area contributed by atoms with Crippen LogP contribution in [0.1, 0.15) is 29.8 Å². The monoisotopic (exact) mass is 377 g/mol. The Bertz CT molecular complexity index is 837. The van der Waals surface area contributed by atoms with Gasteiger partial charge < -0.3 is 9.64 Å². The second-order valence-electron chi connectivity index (χ2n) is 6.04. The molecule has 1 heterocycles. The summed E-state index contributed by atoms with van der Waals surface area (Å²) in [6, 6.07) is 12.5. The van der Waals surface area contributed by atoms with E-state index in [1.807, 2.05) is 31.2 Å². The molecule has 0 aliphatic carbocycles. The van der Waals surface area contributed by atoms with E-state index in [9.17, 15) is 9.59 Å². The lowest BCUT2D eigenvalue weighted by atomic mass is 10.1. The molecule has 130 valence electrons. The summed E-state index contributed by atoms with van der Waals surface area (Å²) in [6.07, 6.45) is -0.154. The smallest absolute Gasteiger partial charge is 0.340 e. The molecule has 1 amide bonds. The molecular weight excluding hydrogens is 361 g/mol. The fraction of sp³-hybridized carbons (Fsp3) is 0.263. The van der Waals surface area contributed by atoms with Crippen LogP contribution in [0, 0.1) is 0 Å². The quantitative estimate of drug-likeness (QED) is 0.738. The predicted molar refractivity (Wildman–Crippen MR) is 98.4 cm³/mol.